The summed E-state index contributed by atoms with van der Waals surface area (Å²) in [5.74, 6) is -1.28. The van der Waals surface area contributed by atoms with E-state index in [1.807, 2.05) is 0 Å². The molecule has 110 valence electrons. The predicted molar refractivity (Wildman–Crippen MR) is 74.9 cm³/mol. The van der Waals surface area contributed by atoms with Crippen LogP contribution in [0.2, 0.25) is 0 Å². The van der Waals surface area contributed by atoms with E-state index in [0.717, 1.165) is 44.6 Å². The molecule has 0 spiro atoms. The number of hydrogen-bond donors (Lipinski definition) is 0. The van der Waals surface area contributed by atoms with Crippen LogP contribution in [0.5, 0.6) is 0 Å². The van der Waals surface area contributed by atoms with Gasteiger partial charge in [0, 0.05) is 6.08 Å². The van der Waals surface area contributed by atoms with Crippen molar-refractivity contribution >= 4 is 23.5 Å². The van der Waals surface area contributed by atoms with Crippen molar-refractivity contribution in [3.8, 4) is 0 Å². The van der Waals surface area contributed by atoms with E-state index in [2.05, 4.69) is 13.8 Å². The summed E-state index contributed by atoms with van der Waals surface area (Å²) >= 11 is 5.66. The summed E-state index contributed by atoms with van der Waals surface area (Å²) in [6.07, 6.45) is 6.68. The molecule has 0 heterocycles. The lowest BCUT2D eigenvalue weighted by Crippen LogP contribution is -2.09. The lowest BCUT2D eigenvalue weighted by Gasteiger charge is -2.03. The van der Waals surface area contributed by atoms with Gasteiger partial charge in [-0.3, -0.25) is 0 Å². The SMILES string of the molecule is CCCCCOC(=O)C=C(Cl)C(=O)OCCCCC. The van der Waals surface area contributed by atoms with E-state index in [0.29, 0.717) is 13.2 Å². The van der Waals surface area contributed by atoms with Crippen LogP contribution >= 0.6 is 11.6 Å². The summed E-state index contributed by atoms with van der Waals surface area (Å²) in [6, 6.07) is 0. The highest BCUT2D eigenvalue weighted by Crippen LogP contribution is 2.06. The van der Waals surface area contributed by atoms with Gasteiger partial charge in [-0.1, -0.05) is 51.1 Å². The van der Waals surface area contributed by atoms with Crippen molar-refractivity contribution in [1.82, 2.24) is 0 Å². The summed E-state index contributed by atoms with van der Waals surface area (Å²) in [5.41, 5.74) is 0. The molecule has 0 unspecified atom stereocenters. The zero-order valence-electron chi connectivity index (χ0n) is 11.7. The van der Waals surface area contributed by atoms with Crippen LogP contribution in [-0.4, -0.2) is 25.2 Å². The molecule has 0 aliphatic carbocycles. The summed E-state index contributed by atoms with van der Waals surface area (Å²) < 4.78 is 9.80. The molecule has 0 aliphatic heterocycles. The normalized spacial score (nSPS) is 11.2. The number of hydrogen-bond acceptors (Lipinski definition) is 4. The minimum atomic E-state index is -0.678. The molecule has 0 aromatic carbocycles. The second kappa shape index (κ2) is 12.0. The van der Waals surface area contributed by atoms with Gasteiger partial charge in [0.25, 0.3) is 0 Å². The highest BCUT2D eigenvalue weighted by atomic mass is 35.5. The Balaban J connectivity index is 3.88. The summed E-state index contributed by atoms with van der Waals surface area (Å²) in [5, 5.41) is -0.239. The monoisotopic (exact) mass is 290 g/mol. The van der Waals surface area contributed by atoms with E-state index in [1.54, 1.807) is 0 Å². The topological polar surface area (TPSA) is 52.6 Å². The average molecular weight is 291 g/mol. The van der Waals surface area contributed by atoms with Crippen LogP contribution < -0.4 is 0 Å². The zero-order chi connectivity index (χ0) is 14.5. The van der Waals surface area contributed by atoms with E-state index < -0.39 is 11.9 Å². The van der Waals surface area contributed by atoms with Crippen LogP contribution in [0.1, 0.15) is 52.4 Å². The Morgan fingerprint density at radius 3 is 2.00 bits per heavy atom. The number of unbranched alkanes of at least 4 members (excludes halogenated alkanes) is 4. The Bertz CT molecular complexity index is 300. The van der Waals surface area contributed by atoms with Crippen molar-refractivity contribution in [3.63, 3.8) is 0 Å². The lowest BCUT2D eigenvalue weighted by molar-refractivity contribution is -0.141. The van der Waals surface area contributed by atoms with Crippen molar-refractivity contribution in [2.24, 2.45) is 0 Å². The molecule has 4 nitrogen and oxygen atoms in total. The van der Waals surface area contributed by atoms with Crippen molar-refractivity contribution in [2.45, 2.75) is 52.4 Å². The predicted octanol–water partition coefficient (Wildman–Crippen LogP) is 3.58. The number of carbonyl (C=O) groups is 2. The van der Waals surface area contributed by atoms with Crippen LogP contribution in [0.25, 0.3) is 0 Å². The molecule has 0 N–H and O–H groups in total. The smallest absolute Gasteiger partial charge is 0.350 e. The Morgan fingerprint density at radius 1 is 0.947 bits per heavy atom. The van der Waals surface area contributed by atoms with Gasteiger partial charge in [0.15, 0.2) is 0 Å². The zero-order valence-corrected chi connectivity index (χ0v) is 12.5. The Morgan fingerprint density at radius 2 is 1.47 bits per heavy atom. The first-order valence-electron chi connectivity index (χ1n) is 6.82. The molecule has 0 aromatic rings. The van der Waals surface area contributed by atoms with Gasteiger partial charge >= 0.3 is 11.9 Å². The standard InChI is InChI=1S/C14H23ClO4/c1-3-5-7-9-18-13(16)11-12(15)14(17)19-10-8-6-4-2/h11H,3-10H2,1-2H3. The van der Waals surface area contributed by atoms with E-state index >= 15 is 0 Å². The number of rotatable bonds is 10. The molecule has 0 saturated heterocycles. The maximum Gasteiger partial charge on any atom is 0.350 e. The maximum absolute atomic E-state index is 11.4. The Kier molecular flexibility index (Phi) is 11.4. The van der Waals surface area contributed by atoms with Crippen molar-refractivity contribution in [1.29, 1.82) is 0 Å². The first kappa shape index (κ1) is 18.0. The molecule has 0 aromatic heterocycles. The van der Waals surface area contributed by atoms with Crippen LogP contribution in [0.4, 0.5) is 0 Å². The first-order valence-corrected chi connectivity index (χ1v) is 7.20. The third-order valence-corrected chi connectivity index (χ3v) is 2.68. The number of halogens is 1. The minimum Gasteiger partial charge on any atom is -0.462 e. The van der Waals surface area contributed by atoms with Crippen LogP contribution in [0.3, 0.4) is 0 Å². The molecule has 0 radical (unpaired) electrons. The lowest BCUT2D eigenvalue weighted by atomic mass is 10.3. The molecule has 0 bridgehead atoms. The van der Waals surface area contributed by atoms with Crippen LogP contribution in [0, 0.1) is 0 Å². The fourth-order valence-electron chi connectivity index (χ4n) is 1.31. The van der Waals surface area contributed by atoms with Crippen LogP contribution in [0.15, 0.2) is 11.1 Å². The molecule has 0 fully saturated rings. The van der Waals surface area contributed by atoms with Gasteiger partial charge in [-0.25, -0.2) is 9.59 Å². The number of carbonyl (C=O) groups excluding carboxylic acids is 2. The second-order valence-electron chi connectivity index (χ2n) is 4.21. The Labute approximate surface area is 120 Å². The van der Waals surface area contributed by atoms with Crippen molar-refractivity contribution in [2.75, 3.05) is 13.2 Å². The summed E-state index contributed by atoms with van der Waals surface area (Å²) in [6.45, 7) is 4.79. The third kappa shape index (κ3) is 10.6. The van der Waals surface area contributed by atoms with E-state index in [-0.39, 0.29) is 5.03 Å². The quantitative estimate of drug-likeness (QED) is 0.351. The molecule has 0 rings (SSSR count). The first-order chi connectivity index (χ1) is 9.11. The molecule has 0 saturated carbocycles. The minimum absolute atomic E-state index is 0.239. The highest BCUT2D eigenvalue weighted by Gasteiger charge is 2.10. The molecule has 19 heavy (non-hydrogen) atoms. The van der Waals surface area contributed by atoms with Gasteiger partial charge in [0.1, 0.15) is 5.03 Å². The van der Waals surface area contributed by atoms with Crippen molar-refractivity contribution < 1.29 is 19.1 Å². The molecule has 0 atom stereocenters. The van der Waals surface area contributed by atoms with Gasteiger partial charge in [0.05, 0.1) is 13.2 Å². The van der Waals surface area contributed by atoms with Gasteiger partial charge in [-0.05, 0) is 12.8 Å². The summed E-state index contributed by atoms with van der Waals surface area (Å²) in [7, 11) is 0. The fourth-order valence-corrected chi connectivity index (χ4v) is 1.46. The average Bonchev–Trinajstić information content (AvgIpc) is 2.39. The third-order valence-electron chi connectivity index (χ3n) is 2.41. The Hall–Kier alpha value is -1.03. The molecular formula is C14H23ClO4. The highest BCUT2D eigenvalue weighted by molar-refractivity contribution is 6.42. The number of ether oxygens (including phenoxy) is 2. The number of esters is 2. The molecule has 0 aliphatic rings. The van der Waals surface area contributed by atoms with E-state index in [9.17, 15) is 9.59 Å². The van der Waals surface area contributed by atoms with Gasteiger partial charge in [-0.15, -0.1) is 0 Å². The summed E-state index contributed by atoms with van der Waals surface area (Å²) in [4.78, 5) is 22.7. The van der Waals surface area contributed by atoms with Gasteiger partial charge in [-0.2, -0.15) is 0 Å². The molecular weight excluding hydrogens is 268 g/mol. The molecule has 0 amide bonds. The van der Waals surface area contributed by atoms with Gasteiger partial charge in [0.2, 0.25) is 0 Å². The fraction of sp³-hybridized carbons (Fsp3) is 0.714. The van der Waals surface area contributed by atoms with Crippen LogP contribution in [-0.2, 0) is 19.1 Å². The maximum atomic E-state index is 11.4. The van der Waals surface area contributed by atoms with Crippen molar-refractivity contribution in [3.05, 3.63) is 11.1 Å². The van der Waals surface area contributed by atoms with E-state index in [1.165, 1.54) is 0 Å². The van der Waals surface area contributed by atoms with E-state index in [4.69, 9.17) is 21.1 Å². The molecule has 5 heteroatoms. The van der Waals surface area contributed by atoms with Gasteiger partial charge < -0.3 is 9.47 Å². The second-order valence-corrected chi connectivity index (χ2v) is 4.62. The largest absolute Gasteiger partial charge is 0.462 e.